The Bertz CT molecular complexity index is 551. The van der Waals surface area contributed by atoms with E-state index in [9.17, 15) is 0 Å². The number of para-hydroxylation sites is 1. The third-order valence-corrected chi connectivity index (χ3v) is 5.09. The molecule has 1 aromatic heterocycles. The van der Waals surface area contributed by atoms with Gasteiger partial charge in [-0.15, -0.1) is 5.10 Å². The second kappa shape index (κ2) is 6.01. The van der Waals surface area contributed by atoms with Gasteiger partial charge < -0.3 is 4.74 Å². The van der Waals surface area contributed by atoms with Gasteiger partial charge in [-0.25, -0.2) is 0 Å². The molecule has 0 aliphatic carbocycles. The molecule has 0 spiro atoms. The number of nitrogens with zero attached hydrogens (tertiary/aromatic N) is 4. The normalized spacial score (nSPS) is 18.1. The van der Waals surface area contributed by atoms with Crippen molar-refractivity contribution in [2.24, 2.45) is 5.41 Å². The minimum Gasteiger partial charge on any atom is -0.381 e. The molecule has 5 nitrogen and oxygen atoms in total. The zero-order valence-corrected chi connectivity index (χ0v) is 12.8. The minimum atomic E-state index is 0.194. The first-order valence-corrected chi connectivity index (χ1v) is 7.92. The molecule has 1 saturated heterocycles. The lowest BCUT2D eigenvalue weighted by Crippen LogP contribution is -2.34. The Kier molecular flexibility index (Phi) is 4.12. The summed E-state index contributed by atoms with van der Waals surface area (Å²) in [6, 6.07) is 10.0. The predicted molar refractivity (Wildman–Crippen MR) is 79.1 cm³/mol. The lowest BCUT2D eigenvalue weighted by atomic mass is 9.79. The molecule has 0 unspecified atom stereocenters. The Hall–Kier alpha value is -1.27. The number of aromatic nitrogens is 4. The van der Waals surface area contributed by atoms with Crippen LogP contribution in [0.15, 0.2) is 30.3 Å². The smallest absolute Gasteiger partial charge is 0.157 e. The first-order chi connectivity index (χ1) is 9.83. The van der Waals surface area contributed by atoms with E-state index in [1.54, 1.807) is 0 Å². The summed E-state index contributed by atoms with van der Waals surface area (Å²) in [5.41, 5.74) is 1.20. The standard InChI is InChI=1S/C14H17BrN4O/c15-11-14(6-8-20-9-7-14)10-13-16-17-18-19(13)12-4-2-1-3-5-12/h1-5H,6-11H2. The number of rotatable bonds is 4. The van der Waals surface area contributed by atoms with Gasteiger partial charge in [0.2, 0.25) is 0 Å². The Morgan fingerprint density at radius 3 is 2.65 bits per heavy atom. The lowest BCUT2D eigenvalue weighted by Gasteiger charge is -2.35. The summed E-state index contributed by atoms with van der Waals surface area (Å²) < 4.78 is 7.31. The number of alkyl halides is 1. The monoisotopic (exact) mass is 336 g/mol. The van der Waals surface area contributed by atoms with Crippen LogP contribution in [0, 0.1) is 5.41 Å². The van der Waals surface area contributed by atoms with Gasteiger partial charge in [0.1, 0.15) is 0 Å². The third-order valence-electron chi connectivity index (χ3n) is 3.90. The Morgan fingerprint density at radius 2 is 1.95 bits per heavy atom. The van der Waals surface area contributed by atoms with Gasteiger partial charge in [0.05, 0.1) is 5.69 Å². The molecular weight excluding hydrogens is 320 g/mol. The third kappa shape index (κ3) is 2.76. The van der Waals surface area contributed by atoms with E-state index >= 15 is 0 Å². The summed E-state index contributed by atoms with van der Waals surface area (Å²) >= 11 is 3.66. The van der Waals surface area contributed by atoms with Crippen LogP contribution in [-0.4, -0.2) is 38.8 Å². The maximum atomic E-state index is 5.48. The molecule has 0 saturated carbocycles. The fourth-order valence-corrected chi connectivity index (χ4v) is 3.34. The van der Waals surface area contributed by atoms with E-state index in [0.29, 0.717) is 0 Å². The SMILES string of the molecule is BrCC1(Cc2nnnn2-c2ccccc2)CCOCC1. The summed E-state index contributed by atoms with van der Waals surface area (Å²) in [4.78, 5) is 0. The van der Waals surface area contributed by atoms with Crippen molar-refractivity contribution in [2.45, 2.75) is 19.3 Å². The molecule has 3 rings (SSSR count). The second-order valence-corrected chi connectivity index (χ2v) is 5.83. The number of benzene rings is 1. The van der Waals surface area contributed by atoms with Crippen LogP contribution in [0.5, 0.6) is 0 Å². The van der Waals surface area contributed by atoms with Gasteiger partial charge >= 0.3 is 0 Å². The van der Waals surface area contributed by atoms with Crippen molar-refractivity contribution in [2.75, 3.05) is 18.5 Å². The molecule has 1 aliphatic heterocycles. The highest BCUT2D eigenvalue weighted by molar-refractivity contribution is 9.09. The molecule has 1 fully saturated rings. The Morgan fingerprint density at radius 1 is 1.20 bits per heavy atom. The molecule has 106 valence electrons. The number of hydrogen-bond acceptors (Lipinski definition) is 4. The quantitative estimate of drug-likeness (QED) is 0.804. The molecule has 0 bridgehead atoms. The van der Waals surface area contributed by atoms with Gasteiger partial charge in [-0.3, -0.25) is 0 Å². The van der Waals surface area contributed by atoms with Gasteiger partial charge in [-0.05, 0) is 40.8 Å². The zero-order chi connectivity index (χ0) is 13.8. The molecule has 0 N–H and O–H groups in total. The minimum absolute atomic E-state index is 0.194. The average molecular weight is 337 g/mol. The molecule has 2 heterocycles. The van der Waals surface area contributed by atoms with Crippen LogP contribution >= 0.6 is 15.9 Å². The van der Waals surface area contributed by atoms with Crippen LogP contribution in [0.3, 0.4) is 0 Å². The van der Waals surface area contributed by atoms with Crippen LogP contribution in [0.25, 0.3) is 5.69 Å². The van der Waals surface area contributed by atoms with E-state index < -0.39 is 0 Å². The molecule has 6 heteroatoms. The van der Waals surface area contributed by atoms with E-state index in [-0.39, 0.29) is 5.41 Å². The molecule has 2 aromatic rings. The maximum absolute atomic E-state index is 5.48. The van der Waals surface area contributed by atoms with E-state index in [0.717, 1.165) is 49.3 Å². The molecule has 20 heavy (non-hydrogen) atoms. The summed E-state index contributed by atoms with van der Waals surface area (Å²) in [5, 5.41) is 13.1. The van der Waals surface area contributed by atoms with E-state index in [4.69, 9.17) is 4.74 Å². The number of halogens is 1. The van der Waals surface area contributed by atoms with Gasteiger partial charge in [0.25, 0.3) is 0 Å². The van der Waals surface area contributed by atoms with Gasteiger partial charge in [-0.2, -0.15) is 4.68 Å². The van der Waals surface area contributed by atoms with Gasteiger partial charge in [-0.1, -0.05) is 34.1 Å². The summed E-state index contributed by atoms with van der Waals surface area (Å²) in [7, 11) is 0. The topological polar surface area (TPSA) is 52.8 Å². The van der Waals surface area contributed by atoms with Gasteiger partial charge in [0.15, 0.2) is 5.82 Å². The number of ether oxygens (including phenoxy) is 1. The van der Waals surface area contributed by atoms with Crippen LogP contribution in [-0.2, 0) is 11.2 Å². The first-order valence-electron chi connectivity index (χ1n) is 6.79. The van der Waals surface area contributed by atoms with Crippen LogP contribution in [0.2, 0.25) is 0 Å². The Labute approximate surface area is 126 Å². The molecule has 0 amide bonds. The van der Waals surface area contributed by atoms with Crippen molar-refractivity contribution in [3.8, 4) is 5.69 Å². The molecule has 1 aromatic carbocycles. The molecule has 1 aliphatic rings. The highest BCUT2D eigenvalue weighted by atomic mass is 79.9. The van der Waals surface area contributed by atoms with Crippen molar-refractivity contribution in [3.63, 3.8) is 0 Å². The average Bonchev–Trinajstić information content (AvgIpc) is 2.97. The summed E-state index contributed by atoms with van der Waals surface area (Å²) in [6.45, 7) is 1.64. The summed E-state index contributed by atoms with van der Waals surface area (Å²) in [6.07, 6.45) is 2.95. The van der Waals surface area contributed by atoms with E-state index in [2.05, 4.69) is 31.5 Å². The van der Waals surface area contributed by atoms with Crippen LogP contribution in [0.4, 0.5) is 0 Å². The highest BCUT2D eigenvalue weighted by Gasteiger charge is 2.33. The van der Waals surface area contributed by atoms with E-state index in [1.165, 1.54) is 0 Å². The number of tetrazole rings is 1. The molecule has 0 radical (unpaired) electrons. The van der Waals surface area contributed by atoms with Crippen molar-refractivity contribution in [1.82, 2.24) is 20.2 Å². The van der Waals surface area contributed by atoms with Crippen molar-refractivity contribution < 1.29 is 4.74 Å². The molecular formula is C14H17BrN4O. The maximum Gasteiger partial charge on any atom is 0.157 e. The largest absolute Gasteiger partial charge is 0.381 e. The van der Waals surface area contributed by atoms with Crippen molar-refractivity contribution in [3.05, 3.63) is 36.2 Å². The van der Waals surface area contributed by atoms with Crippen LogP contribution < -0.4 is 0 Å². The van der Waals surface area contributed by atoms with Crippen molar-refractivity contribution in [1.29, 1.82) is 0 Å². The second-order valence-electron chi connectivity index (χ2n) is 5.27. The lowest BCUT2D eigenvalue weighted by molar-refractivity contribution is 0.0258. The van der Waals surface area contributed by atoms with E-state index in [1.807, 2.05) is 35.0 Å². The number of hydrogen-bond donors (Lipinski definition) is 0. The predicted octanol–water partition coefficient (Wildman–Crippen LogP) is 2.40. The fourth-order valence-electron chi connectivity index (χ4n) is 2.58. The Balaban J connectivity index is 1.86. The van der Waals surface area contributed by atoms with Gasteiger partial charge in [0, 0.05) is 25.0 Å². The first kappa shape index (κ1) is 13.7. The fraction of sp³-hybridized carbons (Fsp3) is 0.500. The summed E-state index contributed by atoms with van der Waals surface area (Å²) in [5.74, 6) is 0.914. The zero-order valence-electron chi connectivity index (χ0n) is 11.2. The molecule has 0 atom stereocenters. The van der Waals surface area contributed by atoms with Crippen LogP contribution in [0.1, 0.15) is 18.7 Å². The van der Waals surface area contributed by atoms with Crippen molar-refractivity contribution >= 4 is 15.9 Å². The highest BCUT2D eigenvalue weighted by Crippen LogP contribution is 2.35.